The molecule has 0 saturated carbocycles. The standard InChI is InChI=1S/C20H22N8O/c1-13-8-9-28(20-24-26-27(3)25-20)11-17(13)15-4-6-16(7-5-15)23-19(29)18-14(2)10-21-12-22-18/h4-7,10,12H,8-9,11H2,1-3H3,(H,23,29). The van der Waals surface area contributed by atoms with Crippen LogP contribution in [0, 0.1) is 6.92 Å². The highest BCUT2D eigenvalue weighted by Crippen LogP contribution is 2.28. The van der Waals surface area contributed by atoms with Crippen LogP contribution in [0.2, 0.25) is 0 Å². The number of anilines is 2. The van der Waals surface area contributed by atoms with Crippen molar-refractivity contribution in [1.82, 2.24) is 30.2 Å². The van der Waals surface area contributed by atoms with Crippen LogP contribution in [0.4, 0.5) is 11.6 Å². The number of carbonyl (C=O) groups excluding carboxylic acids is 1. The lowest BCUT2D eigenvalue weighted by Crippen LogP contribution is -2.31. The molecule has 0 radical (unpaired) electrons. The first-order valence-corrected chi connectivity index (χ1v) is 9.37. The van der Waals surface area contributed by atoms with Crippen LogP contribution in [0.15, 0.2) is 42.4 Å². The lowest BCUT2D eigenvalue weighted by molar-refractivity contribution is 0.102. The Hall–Kier alpha value is -3.62. The Kier molecular flexibility index (Phi) is 5.03. The number of hydrogen-bond donors (Lipinski definition) is 1. The van der Waals surface area contributed by atoms with Crippen LogP contribution < -0.4 is 10.2 Å². The Balaban J connectivity index is 1.49. The first kappa shape index (κ1) is 18.7. The van der Waals surface area contributed by atoms with Gasteiger partial charge in [0.05, 0.1) is 7.05 Å². The summed E-state index contributed by atoms with van der Waals surface area (Å²) in [5, 5.41) is 15.3. The number of carbonyl (C=O) groups is 1. The van der Waals surface area contributed by atoms with Crippen molar-refractivity contribution >= 4 is 23.1 Å². The summed E-state index contributed by atoms with van der Waals surface area (Å²) < 4.78 is 0. The van der Waals surface area contributed by atoms with Gasteiger partial charge >= 0.3 is 0 Å². The van der Waals surface area contributed by atoms with E-state index in [9.17, 15) is 4.79 Å². The molecule has 1 N–H and O–H groups in total. The van der Waals surface area contributed by atoms with E-state index in [-0.39, 0.29) is 5.91 Å². The third-order valence-electron chi connectivity index (χ3n) is 5.00. The van der Waals surface area contributed by atoms with Crippen molar-refractivity contribution in [1.29, 1.82) is 0 Å². The molecule has 0 fully saturated rings. The van der Waals surface area contributed by atoms with Gasteiger partial charge in [0.2, 0.25) is 0 Å². The van der Waals surface area contributed by atoms with E-state index in [1.54, 1.807) is 13.2 Å². The number of aryl methyl sites for hydroxylation is 2. The number of nitrogens with zero attached hydrogens (tertiary/aromatic N) is 7. The van der Waals surface area contributed by atoms with Crippen LogP contribution in [0.1, 0.15) is 35.0 Å². The number of rotatable bonds is 4. The third-order valence-corrected chi connectivity index (χ3v) is 5.00. The lowest BCUT2D eigenvalue weighted by Gasteiger charge is -2.29. The fraction of sp³-hybridized carbons (Fsp3) is 0.300. The number of tetrazole rings is 1. The van der Waals surface area contributed by atoms with Gasteiger partial charge in [-0.2, -0.15) is 4.80 Å². The minimum atomic E-state index is -0.245. The van der Waals surface area contributed by atoms with Crippen molar-refractivity contribution in [2.75, 3.05) is 23.3 Å². The van der Waals surface area contributed by atoms with E-state index >= 15 is 0 Å². The Morgan fingerprint density at radius 1 is 1.17 bits per heavy atom. The zero-order chi connectivity index (χ0) is 20.4. The Morgan fingerprint density at radius 3 is 2.66 bits per heavy atom. The van der Waals surface area contributed by atoms with Crippen LogP contribution in [-0.2, 0) is 7.05 Å². The van der Waals surface area contributed by atoms with E-state index in [0.717, 1.165) is 36.3 Å². The van der Waals surface area contributed by atoms with Gasteiger partial charge in [-0.05, 0) is 54.3 Å². The first-order chi connectivity index (χ1) is 14.0. The van der Waals surface area contributed by atoms with E-state index in [0.29, 0.717) is 11.6 Å². The van der Waals surface area contributed by atoms with Gasteiger partial charge in [0.15, 0.2) is 0 Å². The minimum absolute atomic E-state index is 0.245. The summed E-state index contributed by atoms with van der Waals surface area (Å²) in [7, 11) is 1.76. The molecule has 0 unspecified atom stereocenters. The zero-order valence-electron chi connectivity index (χ0n) is 16.6. The summed E-state index contributed by atoms with van der Waals surface area (Å²) >= 11 is 0. The van der Waals surface area contributed by atoms with E-state index < -0.39 is 0 Å². The average molecular weight is 390 g/mol. The summed E-state index contributed by atoms with van der Waals surface area (Å²) in [5.41, 5.74) is 5.54. The number of aromatic nitrogens is 6. The van der Waals surface area contributed by atoms with Crippen LogP contribution in [0.25, 0.3) is 5.57 Å². The van der Waals surface area contributed by atoms with Gasteiger partial charge in [-0.25, -0.2) is 9.97 Å². The second kappa shape index (κ2) is 7.78. The van der Waals surface area contributed by atoms with E-state index in [1.807, 2.05) is 31.2 Å². The molecule has 0 bridgehead atoms. The lowest BCUT2D eigenvalue weighted by atomic mass is 9.95. The van der Waals surface area contributed by atoms with Crippen LogP contribution >= 0.6 is 0 Å². The van der Waals surface area contributed by atoms with E-state index in [1.165, 1.54) is 22.3 Å². The molecule has 1 aromatic carbocycles. The minimum Gasteiger partial charge on any atom is -0.334 e. The van der Waals surface area contributed by atoms with Crippen molar-refractivity contribution in [3.8, 4) is 0 Å². The Bertz CT molecular complexity index is 1070. The Morgan fingerprint density at radius 2 is 1.97 bits per heavy atom. The molecule has 0 saturated heterocycles. The maximum Gasteiger partial charge on any atom is 0.274 e. The zero-order valence-corrected chi connectivity index (χ0v) is 16.6. The maximum atomic E-state index is 12.4. The van der Waals surface area contributed by atoms with E-state index in [2.05, 4.69) is 42.5 Å². The summed E-state index contributed by atoms with van der Waals surface area (Å²) in [4.78, 5) is 24.0. The molecule has 0 atom stereocenters. The highest BCUT2D eigenvalue weighted by atomic mass is 16.1. The third kappa shape index (κ3) is 3.98. The quantitative estimate of drug-likeness (QED) is 0.729. The van der Waals surface area contributed by atoms with Gasteiger partial charge in [-0.1, -0.05) is 22.8 Å². The Labute approximate surface area is 168 Å². The van der Waals surface area contributed by atoms with Gasteiger partial charge in [-0.3, -0.25) is 4.79 Å². The molecular formula is C20H22N8O. The molecule has 3 aromatic rings. The van der Waals surface area contributed by atoms with Gasteiger partial charge in [0.25, 0.3) is 11.9 Å². The monoisotopic (exact) mass is 390 g/mol. The van der Waals surface area contributed by atoms with Crippen molar-refractivity contribution in [2.24, 2.45) is 7.05 Å². The van der Waals surface area contributed by atoms with E-state index in [4.69, 9.17) is 0 Å². The molecule has 148 valence electrons. The SMILES string of the molecule is CC1=C(c2ccc(NC(=O)c3ncncc3C)cc2)CN(c2nnn(C)n2)CC1. The average Bonchev–Trinajstić information content (AvgIpc) is 3.16. The first-order valence-electron chi connectivity index (χ1n) is 9.37. The van der Waals surface area contributed by atoms with Gasteiger partial charge < -0.3 is 10.2 Å². The molecule has 9 heteroatoms. The number of nitrogens with one attached hydrogen (secondary N) is 1. The molecule has 9 nitrogen and oxygen atoms in total. The van der Waals surface area contributed by atoms with Crippen LogP contribution in [0.3, 0.4) is 0 Å². The van der Waals surface area contributed by atoms with Gasteiger partial charge in [0, 0.05) is 25.0 Å². The summed E-state index contributed by atoms with van der Waals surface area (Å²) in [6, 6.07) is 7.86. The normalized spacial score (nSPS) is 14.2. The second-order valence-electron chi connectivity index (χ2n) is 7.10. The smallest absolute Gasteiger partial charge is 0.274 e. The number of amides is 1. The molecule has 0 aliphatic carbocycles. The second-order valence-corrected chi connectivity index (χ2v) is 7.10. The fourth-order valence-corrected chi connectivity index (χ4v) is 3.35. The maximum absolute atomic E-state index is 12.4. The highest BCUT2D eigenvalue weighted by Gasteiger charge is 2.21. The molecule has 1 aliphatic heterocycles. The van der Waals surface area contributed by atoms with Crippen LogP contribution in [-0.4, -0.2) is 49.2 Å². The molecule has 1 amide bonds. The molecule has 0 spiro atoms. The molecule has 3 heterocycles. The molecule has 29 heavy (non-hydrogen) atoms. The fourth-order valence-electron chi connectivity index (χ4n) is 3.35. The molecular weight excluding hydrogens is 368 g/mol. The molecule has 4 rings (SSSR count). The van der Waals surface area contributed by atoms with Gasteiger partial charge in [0.1, 0.15) is 12.0 Å². The largest absolute Gasteiger partial charge is 0.334 e. The van der Waals surface area contributed by atoms with Crippen LogP contribution in [0.5, 0.6) is 0 Å². The van der Waals surface area contributed by atoms with Crippen molar-refractivity contribution in [3.63, 3.8) is 0 Å². The number of hydrogen-bond acceptors (Lipinski definition) is 7. The summed E-state index contributed by atoms with van der Waals surface area (Å²) in [6.07, 6.45) is 3.95. The topological polar surface area (TPSA) is 102 Å². The van der Waals surface area contributed by atoms with Gasteiger partial charge in [-0.15, -0.1) is 5.10 Å². The predicted octanol–water partition coefficient (Wildman–Crippen LogP) is 2.24. The van der Waals surface area contributed by atoms with Crippen molar-refractivity contribution in [3.05, 3.63) is 59.2 Å². The number of benzene rings is 1. The molecule has 2 aromatic heterocycles. The highest BCUT2D eigenvalue weighted by molar-refractivity contribution is 6.03. The summed E-state index contributed by atoms with van der Waals surface area (Å²) in [5.74, 6) is 0.396. The van der Waals surface area contributed by atoms with Crippen molar-refractivity contribution in [2.45, 2.75) is 20.3 Å². The predicted molar refractivity (Wildman–Crippen MR) is 109 cm³/mol. The summed E-state index contributed by atoms with van der Waals surface area (Å²) in [6.45, 7) is 5.56. The molecule has 1 aliphatic rings. The van der Waals surface area contributed by atoms with Crippen molar-refractivity contribution < 1.29 is 4.79 Å².